The molecule has 0 aromatic heterocycles. The minimum absolute atomic E-state index is 0.0321. The van der Waals surface area contributed by atoms with Crippen LogP contribution < -0.4 is 0 Å². The van der Waals surface area contributed by atoms with Crippen LogP contribution in [0.15, 0.2) is 24.3 Å². The van der Waals surface area contributed by atoms with E-state index in [1.165, 1.54) is 4.90 Å². The van der Waals surface area contributed by atoms with Crippen LogP contribution in [0.5, 0.6) is 0 Å². The van der Waals surface area contributed by atoms with E-state index in [0.29, 0.717) is 23.7 Å². The van der Waals surface area contributed by atoms with E-state index in [9.17, 15) is 14.0 Å². The Morgan fingerprint density at radius 3 is 2.61 bits per heavy atom. The van der Waals surface area contributed by atoms with E-state index in [-0.39, 0.29) is 24.8 Å². The SMILES string of the molecule is O=C([C@@H]1C[C@H](F)CN1C(=O)c1cccc(Cl)c1)N1CCCCC1. The molecule has 23 heavy (non-hydrogen) atoms. The minimum Gasteiger partial charge on any atom is -0.341 e. The van der Waals surface area contributed by atoms with Crippen molar-refractivity contribution in [1.29, 1.82) is 0 Å². The van der Waals surface area contributed by atoms with Gasteiger partial charge in [-0.3, -0.25) is 9.59 Å². The third kappa shape index (κ3) is 3.50. The van der Waals surface area contributed by atoms with Gasteiger partial charge < -0.3 is 9.80 Å². The molecule has 6 heteroatoms. The zero-order valence-electron chi connectivity index (χ0n) is 12.9. The number of piperidine rings is 1. The lowest BCUT2D eigenvalue weighted by atomic mass is 10.1. The maximum Gasteiger partial charge on any atom is 0.254 e. The standard InChI is InChI=1S/C17H20ClFN2O2/c18-13-6-4-5-12(9-13)16(22)21-11-14(19)10-15(21)17(23)20-7-2-1-3-8-20/h4-6,9,14-15H,1-3,7-8,10-11H2/t14-,15-/m0/s1. The number of hydrogen-bond acceptors (Lipinski definition) is 2. The van der Waals surface area contributed by atoms with Gasteiger partial charge in [-0.1, -0.05) is 17.7 Å². The van der Waals surface area contributed by atoms with Crippen molar-refractivity contribution in [1.82, 2.24) is 9.80 Å². The van der Waals surface area contributed by atoms with Gasteiger partial charge in [0.15, 0.2) is 0 Å². The number of likely N-dealkylation sites (tertiary alicyclic amines) is 2. The average molecular weight is 339 g/mol. The predicted octanol–water partition coefficient (Wildman–Crippen LogP) is 2.91. The molecule has 0 saturated carbocycles. The number of alkyl halides is 1. The van der Waals surface area contributed by atoms with Crippen molar-refractivity contribution in [2.45, 2.75) is 37.9 Å². The number of benzene rings is 1. The molecule has 0 aliphatic carbocycles. The molecule has 0 radical (unpaired) electrons. The van der Waals surface area contributed by atoms with Crippen LogP contribution in [0.1, 0.15) is 36.0 Å². The Labute approximate surface area is 140 Å². The van der Waals surface area contributed by atoms with Crippen LogP contribution in [-0.4, -0.2) is 53.5 Å². The normalized spacial score (nSPS) is 24.8. The zero-order chi connectivity index (χ0) is 16.4. The van der Waals surface area contributed by atoms with Crippen LogP contribution in [-0.2, 0) is 4.79 Å². The van der Waals surface area contributed by atoms with Gasteiger partial charge in [-0.2, -0.15) is 0 Å². The summed E-state index contributed by atoms with van der Waals surface area (Å²) in [7, 11) is 0. The Bertz CT molecular complexity index is 604. The number of halogens is 2. The number of carbonyl (C=O) groups excluding carboxylic acids is 2. The summed E-state index contributed by atoms with van der Waals surface area (Å²) in [5, 5.41) is 0.450. The van der Waals surface area contributed by atoms with E-state index in [1.807, 2.05) is 0 Å². The van der Waals surface area contributed by atoms with Gasteiger partial charge in [0.1, 0.15) is 12.2 Å². The second kappa shape index (κ2) is 6.87. The van der Waals surface area contributed by atoms with E-state index in [0.717, 1.165) is 19.3 Å². The van der Waals surface area contributed by atoms with Crippen LogP contribution in [0.2, 0.25) is 5.02 Å². The molecule has 4 nitrogen and oxygen atoms in total. The van der Waals surface area contributed by atoms with Gasteiger partial charge >= 0.3 is 0 Å². The molecule has 0 bridgehead atoms. The van der Waals surface area contributed by atoms with Crippen LogP contribution in [0.3, 0.4) is 0 Å². The Hall–Kier alpha value is -1.62. The van der Waals surface area contributed by atoms with Crippen molar-refractivity contribution >= 4 is 23.4 Å². The van der Waals surface area contributed by atoms with Gasteiger partial charge in [0.05, 0.1) is 6.54 Å². The number of carbonyl (C=O) groups is 2. The predicted molar refractivity (Wildman–Crippen MR) is 86.2 cm³/mol. The first kappa shape index (κ1) is 16.2. The fraction of sp³-hybridized carbons (Fsp3) is 0.529. The highest BCUT2D eigenvalue weighted by Gasteiger charge is 2.41. The van der Waals surface area contributed by atoms with E-state index in [2.05, 4.69) is 0 Å². The molecule has 1 aromatic carbocycles. The molecule has 124 valence electrons. The first-order valence-corrected chi connectivity index (χ1v) is 8.43. The largest absolute Gasteiger partial charge is 0.341 e. The molecule has 2 saturated heterocycles. The molecule has 2 atom stereocenters. The van der Waals surface area contributed by atoms with Gasteiger partial charge in [0.2, 0.25) is 5.91 Å². The molecule has 1 aromatic rings. The molecule has 2 aliphatic rings. The van der Waals surface area contributed by atoms with E-state index in [1.54, 1.807) is 29.2 Å². The first-order valence-electron chi connectivity index (χ1n) is 8.05. The van der Waals surface area contributed by atoms with Gasteiger partial charge in [-0.05, 0) is 37.5 Å². The monoisotopic (exact) mass is 338 g/mol. The maximum absolute atomic E-state index is 13.9. The van der Waals surface area contributed by atoms with E-state index in [4.69, 9.17) is 11.6 Å². The summed E-state index contributed by atoms with van der Waals surface area (Å²) >= 11 is 5.92. The Morgan fingerprint density at radius 2 is 1.91 bits per heavy atom. The van der Waals surface area contributed by atoms with Crippen LogP contribution >= 0.6 is 11.6 Å². The quantitative estimate of drug-likeness (QED) is 0.832. The maximum atomic E-state index is 13.9. The molecule has 0 spiro atoms. The summed E-state index contributed by atoms with van der Waals surface area (Å²) in [4.78, 5) is 28.5. The molecular weight excluding hydrogens is 319 g/mol. The van der Waals surface area contributed by atoms with Crippen molar-refractivity contribution in [2.24, 2.45) is 0 Å². The van der Waals surface area contributed by atoms with Crippen LogP contribution in [0.4, 0.5) is 4.39 Å². The third-order valence-electron chi connectivity index (χ3n) is 4.54. The number of nitrogens with zero attached hydrogens (tertiary/aromatic N) is 2. The smallest absolute Gasteiger partial charge is 0.254 e. The number of hydrogen-bond donors (Lipinski definition) is 0. The van der Waals surface area contributed by atoms with Gasteiger partial charge in [0, 0.05) is 30.1 Å². The fourth-order valence-electron chi connectivity index (χ4n) is 3.36. The summed E-state index contributed by atoms with van der Waals surface area (Å²) in [5.41, 5.74) is 0.392. The molecule has 2 aliphatic heterocycles. The Kier molecular flexibility index (Phi) is 4.85. The second-order valence-electron chi connectivity index (χ2n) is 6.20. The summed E-state index contributed by atoms with van der Waals surface area (Å²) in [5.74, 6) is -0.455. The van der Waals surface area contributed by atoms with Gasteiger partial charge in [-0.15, -0.1) is 0 Å². The third-order valence-corrected chi connectivity index (χ3v) is 4.77. The molecular formula is C17H20ClFN2O2. The highest BCUT2D eigenvalue weighted by molar-refractivity contribution is 6.31. The lowest BCUT2D eigenvalue weighted by Crippen LogP contribution is -2.49. The average Bonchev–Trinajstić information content (AvgIpc) is 2.96. The summed E-state index contributed by atoms with van der Waals surface area (Å²) in [6.45, 7) is 1.37. The lowest BCUT2D eigenvalue weighted by molar-refractivity contribution is -0.136. The topological polar surface area (TPSA) is 40.6 Å². The van der Waals surface area contributed by atoms with E-state index >= 15 is 0 Å². The highest BCUT2D eigenvalue weighted by Crippen LogP contribution is 2.26. The number of rotatable bonds is 2. The zero-order valence-corrected chi connectivity index (χ0v) is 13.6. The summed E-state index contributed by atoms with van der Waals surface area (Å²) in [6.07, 6.45) is 1.99. The van der Waals surface area contributed by atoms with Gasteiger partial charge in [-0.25, -0.2) is 4.39 Å². The first-order chi connectivity index (χ1) is 11.1. The Morgan fingerprint density at radius 1 is 1.17 bits per heavy atom. The minimum atomic E-state index is -1.16. The fourth-order valence-corrected chi connectivity index (χ4v) is 3.55. The summed E-state index contributed by atoms with van der Waals surface area (Å²) in [6, 6.07) is 5.85. The van der Waals surface area contributed by atoms with Crippen molar-refractivity contribution in [3.63, 3.8) is 0 Å². The van der Waals surface area contributed by atoms with Crippen LogP contribution in [0.25, 0.3) is 0 Å². The van der Waals surface area contributed by atoms with Crippen molar-refractivity contribution in [3.8, 4) is 0 Å². The molecule has 2 amide bonds. The van der Waals surface area contributed by atoms with Crippen molar-refractivity contribution < 1.29 is 14.0 Å². The Balaban J connectivity index is 1.79. The summed E-state index contributed by atoms with van der Waals surface area (Å²) < 4.78 is 13.9. The molecule has 3 rings (SSSR count). The molecule has 2 heterocycles. The van der Waals surface area contributed by atoms with Crippen LogP contribution in [0, 0.1) is 0 Å². The van der Waals surface area contributed by atoms with Crippen molar-refractivity contribution in [2.75, 3.05) is 19.6 Å². The molecule has 0 unspecified atom stereocenters. The molecule has 2 fully saturated rings. The second-order valence-corrected chi connectivity index (χ2v) is 6.64. The lowest BCUT2D eigenvalue weighted by Gasteiger charge is -2.32. The highest BCUT2D eigenvalue weighted by atomic mass is 35.5. The molecule has 0 N–H and O–H groups in total. The van der Waals surface area contributed by atoms with Crippen molar-refractivity contribution in [3.05, 3.63) is 34.9 Å². The van der Waals surface area contributed by atoms with E-state index < -0.39 is 12.2 Å². The van der Waals surface area contributed by atoms with Gasteiger partial charge in [0.25, 0.3) is 5.91 Å². The number of amides is 2.